The molecular formula is C19H18ClN3O2. The normalized spacial score (nSPS) is 11.4. The highest BCUT2D eigenvalue weighted by atomic mass is 35.5. The van der Waals surface area contributed by atoms with Gasteiger partial charge in [0.05, 0.1) is 31.1 Å². The van der Waals surface area contributed by atoms with Crippen molar-refractivity contribution in [2.24, 2.45) is 5.10 Å². The molecule has 0 saturated carbocycles. The van der Waals surface area contributed by atoms with E-state index in [1.54, 1.807) is 20.4 Å². The number of hydrogen-bond acceptors (Lipinski definition) is 5. The Morgan fingerprint density at radius 3 is 2.60 bits per heavy atom. The third-order valence-corrected chi connectivity index (χ3v) is 4.09. The van der Waals surface area contributed by atoms with Gasteiger partial charge in [-0.25, -0.2) is 0 Å². The highest BCUT2D eigenvalue weighted by molar-refractivity contribution is 6.31. The number of hydrogen-bond donors (Lipinski definition) is 1. The van der Waals surface area contributed by atoms with E-state index < -0.39 is 0 Å². The number of benzene rings is 2. The van der Waals surface area contributed by atoms with E-state index in [1.165, 1.54) is 0 Å². The maximum absolute atomic E-state index is 6.02. The van der Waals surface area contributed by atoms with Crippen LogP contribution in [-0.2, 0) is 0 Å². The topological polar surface area (TPSA) is 55.7 Å². The lowest BCUT2D eigenvalue weighted by Crippen LogP contribution is -2.01. The number of halogens is 1. The highest BCUT2D eigenvalue weighted by Crippen LogP contribution is 2.28. The third-order valence-electron chi connectivity index (χ3n) is 3.85. The Kier molecular flexibility index (Phi) is 5.05. The fourth-order valence-corrected chi connectivity index (χ4v) is 2.65. The molecule has 0 spiro atoms. The summed E-state index contributed by atoms with van der Waals surface area (Å²) >= 11 is 6.02. The molecule has 0 unspecified atom stereocenters. The number of nitrogens with zero attached hydrogens (tertiary/aromatic N) is 2. The highest BCUT2D eigenvalue weighted by Gasteiger charge is 2.07. The van der Waals surface area contributed by atoms with Gasteiger partial charge in [-0.05, 0) is 49.4 Å². The van der Waals surface area contributed by atoms with Crippen molar-refractivity contribution in [1.82, 2.24) is 4.98 Å². The summed E-state index contributed by atoms with van der Waals surface area (Å²) in [4.78, 5) is 4.33. The largest absolute Gasteiger partial charge is 0.493 e. The van der Waals surface area contributed by atoms with Crippen LogP contribution in [-0.4, -0.2) is 24.9 Å². The molecule has 0 saturated heterocycles. The molecule has 3 rings (SSSR count). The van der Waals surface area contributed by atoms with Crippen LogP contribution in [0.2, 0.25) is 5.02 Å². The summed E-state index contributed by atoms with van der Waals surface area (Å²) in [5.41, 5.74) is 6.54. The van der Waals surface area contributed by atoms with Gasteiger partial charge in [-0.15, -0.1) is 0 Å². The molecule has 0 bridgehead atoms. The van der Waals surface area contributed by atoms with E-state index in [0.717, 1.165) is 27.9 Å². The summed E-state index contributed by atoms with van der Waals surface area (Å²) in [6.07, 6.45) is 1.72. The van der Waals surface area contributed by atoms with Crippen molar-refractivity contribution in [1.29, 1.82) is 0 Å². The van der Waals surface area contributed by atoms with E-state index in [0.29, 0.717) is 16.5 Å². The van der Waals surface area contributed by atoms with Gasteiger partial charge in [0, 0.05) is 22.2 Å². The summed E-state index contributed by atoms with van der Waals surface area (Å²) in [5.74, 6) is 1.35. The second-order valence-corrected chi connectivity index (χ2v) is 5.84. The predicted molar refractivity (Wildman–Crippen MR) is 102 cm³/mol. The monoisotopic (exact) mass is 355 g/mol. The molecule has 0 radical (unpaired) electrons. The molecule has 1 heterocycles. The fraction of sp³-hybridized carbons (Fsp3) is 0.158. The second-order valence-electron chi connectivity index (χ2n) is 5.40. The minimum Gasteiger partial charge on any atom is -0.493 e. The van der Waals surface area contributed by atoms with E-state index in [9.17, 15) is 0 Å². The number of hydrazone groups is 1. The van der Waals surface area contributed by atoms with Crippen LogP contribution in [0.25, 0.3) is 10.9 Å². The zero-order valence-corrected chi connectivity index (χ0v) is 15.0. The minimum absolute atomic E-state index is 0.655. The molecule has 0 fully saturated rings. The van der Waals surface area contributed by atoms with Crippen LogP contribution < -0.4 is 14.9 Å². The Morgan fingerprint density at radius 1 is 1.04 bits per heavy atom. The molecule has 3 aromatic rings. The number of methoxy groups -OCH3 is 2. The second kappa shape index (κ2) is 7.40. The number of fused-ring (bicyclic) bond motifs is 1. The van der Waals surface area contributed by atoms with E-state index in [4.69, 9.17) is 21.1 Å². The Labute approximate surface area is 151 Å². The lowest BCUT2D eigenvalue weighted by Gasteiger charge is -2.10. The van der Waals surface area contributed by atoms with Gasteiger partial charge in [-0.2, -0.15) is 5.10 Å². The molecule has 6 heteroatoms. The van der Waals surface area contributed by atoms with Gasteiger partial charge in [0.1, 0.15) is 0 Å². The van der Waals surface area contributed by atoms with Crippen LogP contribution >= 0.6 is 11.6 Å². The SMILES string of the molecule is COc1ccc(/C(C)=N/Nc2ccnc3cc(Cl)ccc23)cc1OC. The Balaban J connectivity index is 1.89. The molecule has 1 N–H and O–H groups in total. The van der Waals surface area contributed by atoms with Crippen molar-refractivity contribution in [3.05, 3.63) is 59.2 Å². The predicted octanol–water partition coefficient (Wildman–Crippen LogP) is 4.74. The first-order valence-electron chi connectivity index (χ1n) is 7.69. The smallest absolute Gasteiger partial charge is 0.161 e. The first kappa shape index (κ1) is 17.0. The fourth-order valence-electron chi connectivity index (χ4n) is 2.49. The van der Waals surface area contributed by atoms with Crippen LogP contribution in [0.3, 0.4) is 0 Å². The number of pyridine rings is 1. The lowest BCUT2D eigenvalue weighted by atomic mass is 10.1. The summed E-state index contributed by atoms with van der Waals surface area (Å²) in [6, 6.07) is 13.2. The van der Waals surface area contributed by atoms with Gasteiger partial charge in [0.2, 0.25) is 0 Å². The van der Waals surface area contributed by atoms with Gasteiger partial charge < -0.3 is 9.47 Å². The van der Waals surface area contributed by atoms with Crippen molar-refractivity contribution >= 4 is 33.9 Å². The molecule has 0 aliphatic rings. The molecule has 0 atom stereocenters. The average molecular weight is 356 g/mol. The number of nitrogens with one attached hydrogen (secondary N) is 1. The number of anilines is 1. The van der Waals surface area contributed by atoms with Crippen molar-refractivity contribution in [2.75, 3.05) is 19.6 Å². The molecule has 2 aromatic carbocycles. The zero-order chi connectivity index (χ0) is 17.8. The van der Waals surface area contributed by atoms with Crippen molar-refractivity contribution < 1.29 is 9.47 Å². The van der Waals surface area contributed by atoms with Gasteiger partial charge in [0.15, 0.2) is 11.5 Å². The van der Waals surface area contributed by atoms with Gasteiger partial charge in [-0.1, -0.05) is 11.6 Å². The van der Waals surface area contributed by atoms with Gasteiger partial charge in [0.25, 0.3) is 0 Å². The number of aromatic nitrogens is 1. The maximum Gasteiger partial charge on any atom is 0.161 e. The third kappa shape index (κ3) is 3.67. The Hall–Kier alpha value is -2.79. The molecule has 5 nitrogen and oxygen atoms in total. The van der Waals surface area contributed by atoms with Crippen molar-refractivity contribution in [3.63, 3.8) is 0 Å². The first-order valence-corrected chi connectivity index (χ1v) is 8.07. The maximum atomic E-state index is 6.02. The molecule has 0 amide bonds. The van der Waals surface area contributed by atoms with Crippen molar-refractivity contribution in [3.8, 4) is 11.5 Å². The minimum atomic E-state index is 0.655. The molecule has 25 heavy (non-hydrogen) atoms. The van der Waals surface area contributed by atoms with Crippen LogP contribution in [0.15, 0.2) is 53.8 Å². The molecule has 0 aliphatic carbocycles. The van der Waals surface area contributed by atoms with Crippen LogP contribution in [0.5, 0.6) is 11.5 Å². The number of rotatable bonds is 5. The molecule has 0 aliphatic heterocycles. The van der Waals surface area contributed by atoms with E-state index in [-0.39, 0.29) is 0 Å². The zero-order valence-electron chi connectivity index (χ0n) is 14.2. The standard InChI is InChI=1S/C19H18ClN3O2/c1-12(13-4-7-18(24-2)19(10-13)25-3)22-23-16-8-9-21-17-11-14(20)5-6-15(16)17/h4-11H,1-3H3,(H,21,23)/b22-12+. The molecular weight excluding hydrogens is 338 g/mol. The summed E-state index contributed by atoms with van der Waals surface area (Å²) in [5, 5.41) is 6.09. The first-order chi connectivity index (χ1) is 12.1. The van der Waals surface area contributed by atoms with Crippen LogP contribution in [0, 0.1) is 0 Å². The lowest BCUT2D eigenvalue weighted by molar-refractivity contribution is 0.355. The van der Waals surface area contributed by atoms with Crippen molar-refractivity contribution in [2.45, 2.75) is 6.92 Å². The summed E-state index contributed by atoms with van der Waals surface area (Å²) < 4.78 is 10.6. The van der Waals surface area contributed by atoms with E-state index in [2.05, 4.69) is 15.5 Å². The Morgan fingerprint density at radius 2 is 1.84 bits per heavy atom. The van der Waals surface area contributed by atoms with Gasteiger partial charge in [-0.3, -0.25) is 10.4 Å². The van der Waals surface area contributed by atoms with E-state index >= 15 is 0 Å². The number of ether oxygens (including phenoxy) is 2. The molecule has 1 aromatic heterocycles. The summed E-state index contributed by atoms with van der Waals surface area (Å²) in [7, 11) is 3.22. The quantitative estimate of drug-likeness (QED) is 0.530. The van der Waals surface area contributed by atoms with Gasteiger partial charge >= 0.3 is 0 Å². The van der Waals surface area contributed by atoms with Crippen LogP contribution in [0.4, 0.5) is 5.69 Å². The average Bonchev–Trinajstić information content (AvgIpc) is 2.65. The molecule has 128 valence electrons. The summed E-state index contributed by atoms with van der Waals surface area (Å²) in [6.45, 7) is 1.93. The van der Waals surface area contributed by atoms with E-state index in [1.807, 2.05) is 49.4 Å². The van der Waals surface area contributed by atoms with Crippen LogP contribution in [0.1, 0.15) is 12.5 Å². The Bertz CT molecular complexity index is 941.